The van der Waals surface area contributed by atoms with Crippen LogP contribution in [0.4, 0.5) is 0 Å². The Morgan fingerprint density at radius 1 is 0.789 bits per heavy atom. The van der Waals surface area contributed by atoms with Gasteiger partial charge in [0, 0.05) is 11.6 Å². The van der Waals surface area contributed by atoms with Gasteiger partial charge in [0.25, 0.3) is 0 Å². The fraction of sp³-hybridized carbons (Fsp3) is 0.118. The third-order valence-corrected chi connectivity index (χ3v) is 3.05. The van der Waals surface area contributed by atoms with Crippen molar-refractivity contribution in [3.05, 3.63) is 78.0 Å². The number of nitrogens with zero attached hydrogens (tertiary/aromatic N) is 1. The molecule has 0 fully saturated rings. The van der Waals surface area contributed by atoms with Crippen molar-refractivity contribution in [2.45, 2.75) is 13.2 Å². The molecular weight excluding hydrogens is 234 g/mol. The molecule has 0 aliphatic rings. The molecule has 0 atom stereocenters. The summed E-state index contributed by atoms with van der Waals surface area (Å²) in [5.41, 5.74) is 3.40. The summed E-state index contributed by atoms with van der Waals surface area (Å²) in [6.45, 7) is 1.27. The van der Waals surface area contributed by atoms with Gasteiger partial charge in [0.15, 0.2) is 0 Å². The minimum absolute atomic E-state index is 0.625. The Labute approximate surface area is 112 Å². The molecule has 2 aromatic carbocycles. The summed E-state index contributed by atoms with van der Waals surface area (Å²) in [4.78, 5) is 4.31. The molecule has 0 unspecified atom stereocenters. The lowest BCUT2D eigenvalue weighted by atomic mass is 10.1. The van der Waals surface area contributed by atoms with Crippen LogP contribution in [0.25, 0.3) is 10.9 Å². The summed E-state index contributed by atoms with van der Waals surface area (Å²) in [7, 11) is 0. The third-order valence-electron chi connectivity index (χ3n) is 3.05. The van der Waals surface area contributed by atoms with Gasteiger partial charge < -0.3 is 4.74 Å². The fourth-order valence-corrected chi connectivity index (χ4v) is 2.08. The molecule has 2 heteroatoms. The summed E-state index contributed by atoms with van der Waals surface area (Å²) >= 11 is 0. The van der Waals surface area contributed by atoms with Crippen LogP contribution in [0.15, 0.2) is 66.9 Å². The normalized spacial score (nSPS) is 10.7. The van der Waals surface area contributed by atoms with Crippen molar-refractivity contribution < 1.29 is 4.74 Å². The monoisotopic (exact) mass is 249 g/mol. The number of ether oxygens (including phenoxy) is 1. The second-order valence-corrected chi connectivity index (χ2v) is 4.51. The van der Waals surface area contributed by atoms with Gasteiger partial charge in [0.2, 0.25) is 0 Å². The van der Waals surface area contributed by atoms with E-state index >= 15 is 0 Å². The van der Waals surface area contributed by atoms with Crippen LogP contribution in [0.2, 0.25) is 0 Å². The highest BCUT2D eigenvalue weighted by atomic mass is 16.5. The lowest BCUT2D eigenvalue weighted by Gasteiger charge is -2.05. The highest BCUT2D eigenvalue weighted by molar-refractivity contribution is 5.78. The van der Waals surface area contributed by atoms with Crippen molar-refractivity contribution in [1.29, 1.82) is 0 Å². The SMILES string of the molecule is c1ccc(COCc2ccc3ncccc3c2)cc1. The van der Waals surface area contributed by atoms with Crippen molar-refractivity contribution in [3.63, 3.8) is 0 Å². The summed E-state index contributed by atoms with van der Waals surface area (Å²) in [6.07, 6.45) is 1.81. The quantitative estimate of drug-likeness (QED) is 0.698. The molecule has 0 saturated carbocycles. The molecule has 19 heavy (non-hydrogen) atoms. The average Bonchev–Trinajstić information content (AvgIpc) is 2.48. The molecule has 0 amide bonds. The van der Waals surface area contributed by atoms with E-state index in [9.17, 15) is 0 Å². The van der Waals surface area contributed by atoms with Crippen molar-refractivity contribution in [3.8, 4) is 0 Å². The number of fused-ring (bicyclic) bond motifs is 1. The molecule has 0 bridgehead atoms. The van der Waals surface area contributed by atoms with Crippen LogP contribution in [0.5, 0.6) is 0 Å². The number of benzene rings is 2. The van der Waals surface area contributed by atoms with Crippen LogP contribution in [0.1, 0.15) is 11.1 Å². The third kappa shape index (κ3) is 2.98. The summed E-state index contributed by atoms with van der Waals surface area (Å²) in [6, 6.07) is 20.5. The molecule has 0 aliphatic carbocycles. The predicted octanol–water partition coefficient (Wildman–Crippen LogP) is 3.95. The minimum Gasteiger partial charge on any atom is -0.372 e. The molecule has 1 aromatic heterocycles. The second-order valence-electron chi connectivity index (χ2n) is 4.51. The maximum atomic E-state index is 5.73. The summed E-state index contributed by atoms with van der Waals surface area (Å²) < 4.78 is 5.73. The molecule has 0 radical (unpaired) electrons. The highest BCUT2D eigenvalue weighted by Gasteiger charge is 1.98. The van der Waals surface area contributed by atoms with Gasteiger partial charge in [-0.2, -0.15) is 0 Å². The van der Waals surface area contributed by atoms with Gasteiger partial charge in [-0.25, -0.2) is 0 Å². The first-order valence-electron chi connectivity index (χ1n) is 6.37. The Morgan fingerprint density at radius 3 is 2.53 bits per heavy atom. The number of hydrogen-bond acceptors (Lipinski definition) is 2. The van der Waals surface area contributed by atoms with Gasteiger partial charge in [-0.1, -0.05) is 42.5 Å². The molecule has 3 aromatic rings. The number of aromatic nitrogens is 1. The molecule has 1 heterocycles. The van der Waals surface area contributed by atoms with Crippen molar-refractivity contribution >= 4 is 10.9 Å². The van der Waals surface area contributed by atoms with E-state index in [1.807, 2.05) is 36.5 Å². The molecular formula is C17H15NO. The first kappa shape index (κ1) is 11.9. The van der Waals surface area contributed by atoms with E-state index in [2.05, 4.69) is 35.3 Å². The Hall–Kier alpha value is -2.19. The highest BCUT2D eigenvalue weighted by Crippen LogP contribution is 2.14. The Kier molecular flexibility index (Phi) is 3.52. The van der Waals surface area contributed by atoms with E-state index in [0.717, 1.165) is 10.9 Å². The van der Waals surface area contributed by atoms with Crippen LogP contribution in [-0.4, -0.2) is 4.98 Å². The fourth-order valence-electron chi connectivity index (χ4n) is 2.08. The van der Waals surface area contributed by atoms with Gasteiger partial charge in [-0.05, 0) is 29.3 Å². The van der Waals surface area contributed by atoms with Crippen LogP contribution >= 0.6 is 0 Å². The van der Waals surface area contributed by atoms with Crippen LogP contribution in [0.3, 0.4) is 0 Å². The summed E-state index contributed by atoms with van der Waals surface area (Å²) in [5.74, 6) is 0. The van der Waals surface area contributed by atoms with E-state index in [4.69, 9.17) is 4.74 Å². The predicted molar refractivity (Wildman–Crippen MR) is 76.7 cm³/mol. The Bertz CT molecular complexity index is 664. The van der Waals surface area contributed by atoms with Crippen LogP contribution in [0, 0.1) is 0 Å². The lowest BCUT2D eigenvalue weighted by molar-refractivity contribution is 0.107. The average molecular weight is 249 g/mol. The van der Waals surface area contributed by atoms with Gasteiger partial charge >= 0.3 is 0 Å². The molecule has 2 nitrogen and oxygen atoms in total. The van der Waals surface area contributed by atoms with Crippen molar-refractivity contribution in [2.75, 3.05) is 0 Å². The maximum absolute atomic E-state index is 5.73. The Balaban J connectivity index is 1.65. The number of pyridine rings is 1. The van der Waals surface area contributed by atoms with Crippen LogP contribution in [-0.2, 0) is 18.0 Å². The van der Waals surface area contributed by atoms with E-state index < -0.39 is 0 Å². The van der Waals surface area contributed by atoms with Gasteiger partial charge in [-0.3, -0.25) is 4.98 Å². The van der Waals surface area contributed by atoms with Gasteiger partial charge in [0.1, 0.15) is 0 Å². The largest absolute Gasteiger partial charge is 0.372 e. The van der Waals surface area contributed by atoms with Crippen molar-refractivity contribution in [2.24, 2.45) is 0 Å². The lowest BCUT2D eigenvalue weighted by Crippen LogP contribution is -1.94. The van der Waals surface area contributed by atoms with Gasteiger partial charge in [-0.15, -0.1) is 0 Å². The molecule has 94 valence electrons. The van der Waals surface area contributed by atoms with E-state index in [1.54, 1.807) is 0 Å². The van der Waals surface area contributed by atoms with E-state index in [1.165, 1.54) is 11.1 Å². The smallest absolute Gasteiger partial charge is 0.0721 e. The van der Waals surface area contributed by atoms with E-state index in [0.29, 0.717) is 13.2 Å². The van der Waals surface area contributed by atoms with Gasteiger partial charge in [0.05, 0.1) is 18.7 Å². The zero-order chi connectivity index (χ0) is 12.9. The van der Waals surface area contributed by atoms with Crippen molar-refractivity contribution in [1.82, 2.24) is 4.98 Å². The zero-order valence-electron chi connectivity index (χ0n) is 10.6. The molecule has 0 saturated heterocycles. The topological polar surface area (TPSA) is 22.1 Å². The molecule has 3 rings (SSSR count). The second kappa shape index (κ2) is 5.63. The first-order chi connectivity index (χ1) is 9.42. The Morgan fingerprint density at radius 2 is 1.63 bits per heavy atom. The van der Waals surface area contributed by atoms with E-state index in [-0.39, 0.29) is 0 Å². The number of rotatable bonds is 4. The molecule has 0 spiro atoms. The summed E-state index contributed by atoms with van der Waals surface area (Å²) in [5, 5.41) is 1.16. The minimum atomic E-state index is 0.625. The standard InChI is InChI=1S/C17H15NO/c1-2-5-14(6-3-1)12-19-13-15-8-9-17-16(11-15)7-4-10-18-17/h1-11H,12-13H2. The zero-order valence-corrected chi connectivity index (χ0v) is 10.6. The number of hydrogen-bond donors (Lipinski definition) is 0. The molecule has 0 N–H and O–H groups in total. The first-order valence-corrected chi connectivity index (χ1v) is 6.37. The van der Waals surface area contributed by atoms with Crippen LogP contribution < -0.4 is 0 Å². The maximum Gasteiger partial charge on any atom is 0.0721 e. The molecule has 0 aliphatic heterocycles.